The molecule has 1 amide bonds. The van der Waals surface area contributed by atoms with Gasteiger partial charge in [-0.25, -0.2) is 9.78 Å². The molecule has 3 aromatic carbocycles. The minimum atomic E-state index is -0.465. The van der Waals surface area contributed by atoms with Crippen LogP contribution in [0.25, 0.3) is 11.1 Å². The number of rotatable bonds is 7. The van der Waals surface area contributed by atoms with E-state index in [1.165, 1.54) is 34.0 Å². The number of pyridine rings is 1. The number of nitrogens with zero attached hydrogens (tertiary/aromatic N) is 1. The second-order valence-electron chi connectivity index (χ2n) is 8.12. The summed E-state index contributed by atoms with van der Waals surface area (Å²) in [6.45, 7) is 0.477. The third kappa shape index (κ3) is 4.98. The lowest BCUT2D eigenvalue weighted by atomic mass is 9.98. The molecule has 0 spiro atoms. The van der Waals surface area contributed by atoms with Gasteiger partial charge in [0.1, 0.15) is 11.6 Å². The number of carbonyl (C=O) groups excluding carboxylic acids is 1. The number of nitrogens with one attached hydrogen (secondary N) is 1. The number of aliphatic hydroxyl groups is 1. The van der Waals surface area contributed by atoms with Crippen molar-refractivity contribution in [2.75, 3.05) is 6.61 Å². The maximum Gasteiger partial charge on any atom is 0.407 e. The van der Waals surface area contributed by atoms with Crippen LogP contribution in [-0.4, -0.2) is 22.8 Å². The van der Waals surface area contributed by atoms with Crippen LogP contribution in [0.3, 0.4) is 0 Å². The number of halogens is 1. The number of benzene rings is 3. The number of aliphatic hydroxyl groups excluding tert-OH is 1. The first kappa shape index (κ1) is 23.6. The fourth-order valence-corrected chi connectivity index (χ4v) is 6.03. The highest BCUT2D eigenvalue weighted by atomic mass is 79.9. The van der Waals surface area contributed by atoms with Crippen molar-refractivity contribution in [2.45, 2.75) is 29.0 Å². The van der Waals surface area contributed by atoms with E-state index in [0.717, 1.165) is 25.5 Å². The van der Waals surface area contributed by atoms with Gasteiger partial charge in [0.2, 0.25) is 0 Å². The van der Waals surface area contributed by atoms with Crippen molar-refractivity contribution in [3.63, 3.8) is 0 Å². The van der Waals surface area contributed by atoms with Gasteiger partial charge in [0.25, 0.3) is 0 Å². The Bertz CT molecular complexity index is 1330. The zero-order valence-corrected chi connectivity index (χ0v) is 21.2. The van der Waals surface area contributed by atoms with Gasteiger partial charge in [-0.3, -0.25) is 0 Å². The maximum atomic E-state index is 12.7. The molecule has 176 valence electrons. The summed E-state index contributed by atoms with van der Waals surface area (Å²) < 4.78 is 6.56. The molecule has 0 radical (unpaired) electrons. The largest absolute Gasteiger partial charge is 0.449 e. The summed E-state index contributed by atoms with van der Waals surface area (Å²) in [6, 6.07) is 26.0. The monoisotopic (exact) mass is 546 g/mol. The number of carbonyl (C=O) groups is 1. The van der Waals surface area contributed by atoms with Crippen LogP contribution in [-0.2, 0) is 17.9 Å². The number of fused-ring (bicyclic) bond motifs is 3. The molecule has 35 heavy (non-hydrogen) atoms. The Morgan fingerprint density at radius 3 is 2.40 bits per heavy atom. The number of ether oxygens (including phenoxy) is 1. The van der Waals surface area contributed by atoms with E-state index >= 15 is 0 Å². The highest BCUT2D eigenvalue weighted by Gasteiger charge is 2.29. The van der Waals surface area contributed by atoms with Gasteiger partial charge in [-0.1, -0.05) is 88.4 Å². The molecule has 1 aromatic heterocycles. The summed E-state index contributed by atoms with van der Waals surface area (Å²) in [6.07, 6.45) is 1.24. The SMILES string of the molecule is O=C(NCc1c(Br)cccc1Sc1ncccc1CO)OCC1c2ccccc2-c2ccccc21. The lowest BCUT2D eigenvalue weighted by Crippen LogP contribution is -2.26. The van der Waals surface area contributed by atoms with Crippen LogP contribution in [0.5, 0.6) is 0 Å². The standard InChI is InChI=1S/C28H23BrN2O3S/c29-25-12-5-13-26(35-27-18(16-32)7-6-14-30-27)23(25)15-31-28(33)34-17-24-21-10-3-1-8-19(21)20-9-2-4-11-22(20)24/h1-14,24,32H,15-17H2,(H,31,33). The smallest absolute Gasteiger partial charge is 0.407 e. The number of hydrogen-bond donors (Lipinski definition) is 2. The van der Waals surface area contributed by atoms with Gasteiger partial charge in [0, 0.05) is 33.6 Å². The van der Waals surface area contributed by atoms with Gasteiger partial charge in [0.15, 0.2) is 0 Å². The van der Waals surface area contributed by atoms with Crippen LogP contribution in [0, 0.1) is 0 Å². The topological polar surface area (TPSA) is 71.5 Å². The third-order valence-corrected chi connectivity index (χ3v) is 7.96. The Balaban J connectivity index is 1.26. The van der Waals surface area contributed by atoms with E-state index in [0.29, 0.717) is 6.54 Å². The molecule has 4 aromatic rings. The van der Waals surface area contributed by atoms with Crippen molar-refractivity contribution in [1.29, 1.82) is 0 Å². The summed E-state index contributed by atoms with van der Waals surface area (Å²) >= 11 is 5.06. The van der Waals surface area contributed by atoms with Crippen molar-refractivity contribution < 1.29 is 14.6 Å². The minimum absolute atomic E-state index is 0.0174. The molecule has 0 unspecified atom stereocenters. The Kier molecular flexibility index (Phi) is 7.18. The Morgan fingerprint density at radius 1 is 0.971 bits per heavy atom. The molecule has 1 aliphatic carbocycles. The highest BCUT2D eigenvalue weighted by molar-refractivity contribution is 9.10. The second kappa shape index (κ2) is 10.6. The fraction of sp³-hybridized carbons (Fsp3) is 0.143. The summed E-state index contributed by atoms with van der Waals surface area (Å²) in [5.41, 5.74) is 6.43. The molecule has 1 aliphatic rings. The molecule has 7 heteroatoms. The summed E-state index contributed by atoms with van der Waals surface area (Å²) in [5, 5.41) is 13.3. The van der Waals surface area contributed by atoms with Gasteiger partial charge in [0.05, 0.1) is 6.61 Å². The molecular weight excluding hydrogens is 524 g/mol. The average Bonchev–Trinajstić information content (AvgIpc) is 3.21. The van der Waals surface area contributed by atoms with Crippen molar-refractivity contribution in [3.05, 3.63) is 112 Å². The Hall–Kier alpha value is -3.13. The maximum absolute atomic E-state index is 12.7. The lowest BCUT2D eigenvalue weighted by molar-refractivity contribution is 0.142. The van der Waals surface area contributed by atoms with E-state index in [1.807, 2.05) is 48.5 Å². The van der Waals surface area contributed by atoms with E-state index in [2.05, 4.69) is 50.5 Å². The van der Waals surface area contributed by atoms with E-state index in [-0.39, 0.29) is 19.1 Å². The first-order valence-corrected chi connectivity index (χ1v) is 12.9. The normalized spacial score (nSPS) is 12.2. The van der Waals surface area contributed by atoms with E-state index in [4.69, 9.17) is 4.74 Å². The van der Waals surface area contributed by atoms with Gasteiger partial charge < -0.3 is 15.2 Å². The van der Waals surface area contributed by atoms with Crippen LogP contribution in [0.4, 0.5) is 4.79 Å². The zero-order chi connectivity index (χ0) is 24.2. The van der Waals surface area contributed by atoms with Crippen molar-refractivity contribution in [2.24, 2.45) is 0 Å². The van der Waals surface area contributed by atoms with Crippen LogP contribution in [0.15, 0.2) is 99.5 Å². The van der Waals surface area contributed by atoms with Crippen molar-refractivity contribution >= 4 is 33.8 Å². The van der Waals surface area contributed by atoms with E-state index in [9.17, 15) is 9.90 Å². The van der Waals surface area contributed by atoms with Gasteiger partial charge >= 0.3 is 6.09 Å². The molecule has 0 saturated heterocycles. The minimum Gasteiger partial charge on any atom is -0.449 e. The average molecular weight is 547 g/mol. The molecule has 2 N–H and O–H groups in total. The van der Waals surface area contributed by atoms with Crippen LogP contribution >= 0.6 is 27.7 Å². The Labute approximate surface area is 216 Å². The van der Waals surface area contributed by atoms with Crippen molar-refractivity contribution in [1.82, 2.24) is 10.3 Å². The summed E-state index contributed by atoms with van der Waals surface area (Å²) in [7, 11) is 0. The van der Waals surface area contributed by atoms with E-state index in [1.54, 1.807) is 12.3 Å². The van der Waals surface area contributed by atoms with Crippen LogP contribution < -0.4 is 5.32 Å². The third-order valence-electron chi connectivity index (χ3n) is 6.06. The summed E-state index contributed by atoms with van der Waals surface area (Å²) in [5.74, 6) is 0.0174. The van der Waals surface area contributed by atoms with Crippen LogP contribution in [0.1, 0.15) is 28.2 Å². The number of aromatic nitrogens is 1. The molecular formula is C28H23BrN2O3S. The molecule has 5 rings (SSSR count). The number of hydrogen-bond acceptors (Lipinski definition) is 5. The quantitative estimate of drug-likeness (QED) is 0.276. The van der Waals surface area contributed by atoms with Gasteiger partial charge in [-0.15, -0.1) is 0 Å². The Morgan fingerprint density at radius 2 is 1.69 bits per heavy atom. The molecule has 0 bridgehead atoms. The predicted molar refractivity (Wildman–Crippen MR) is 140 cm³/mol. The molecule has 0 atom stereocenters. The first-order valence-electron chi connectivity index (χ1n) is 11.2. The summed E-state index contributed by atoms with van der Waals surface area (Å²) in [4.78, 5) is 18.0. The molecule has 0 saturated carbocycles. The predicted octanol–water partition coefficient (Wildman–Crippen LogP) is 6.53. The van der Waals surface area contributed by atoms with Crippen molar-refractivity contribution in [3.8, 4) is 11.1 Å². The first-order chi connectivity index (χ1) is 17.2. The fourth-order valence-electron chi connectivity index (χ4n) is 4.36. The zero-order valence-electron chi connectivity index (χ0n) is 18.8. The van der Waals surface area contributed by atoms with Gasteiger partial charge in [-0.2, -0.15) is 0 Å². The number of alkyl carbamates (subject to hydrolysis) is 1. The van der Waals surface area contributed by atoms with E-state index < -0.39 is 6.09 Å². The molecule has 0 fully saturated rings. The molecule has 1 heterocycles. The highest BCUT2D eigenvalue weighted by Crippen LogP contribution is 2.44. The van der Waals surface area contributed by atoms with Gasteiger partial charge in [-0.05, 0) is 46.0 Å². The lowest BCUT2D eigenvalue weighted by Gasteiger charge is -2.16. The molecule has 5 nitrogen and oxygen atoms in total. The number of amides is 1. The van der Waals surface area contributed by atoms with Crippen LogP contribution in [0.2, 0.25) is 0 Å². The molecule has 0 aliphatic heterocycles. The second-order valence-corrected chi connectivity index (χ2v) is 10.0.